The van der Waals surface area contributed by atoms with E-state index >= 15 is 0 Å². The number of piperazine rings is 1. The van der Waals surface area contributed by atoms with Crippen LogP contribution >= 0.6 is 0 Å². The lowest BCUT2D eigenvalue weighted by molar-refractivity contribution is -0.116. The Morgan fingerprint density at radius 1 is 0.868 bits per heavy atom. The van der Waals surface area contributed by atoms with E-state index in [0.717, 1.165) is 69.0 Å². The van der Waals surface area contributed by atoms with Gasteiger partial charge in [0, 0.05) is 50.0 Å². The third kappa shape index (κ3) is 7.89. The maximum absolute atomic E-state index is 13.2. The molecule has 1 saturated carbocycles. The standard InChI is InChI=1S/C31H44N4O3/c1-3-4-5-6-7-8-9-14-30(36)32-25-17-18-27(26(23-25)31(37)33-24-15-16-24)34-19-21-35(22-20-34)28-12-10-11-13-29(28)38-2/h10-13,17-18,23-24H,3-9,14-16,19-22H2,1-2H3,(H,32,36)(H,33,37). The molecule has 1 saturated heterocycles. The summed E-state index contributed by atoms with van der Waals surface area (Å²) in [5.74, 6) is 0.838. The van der Waals surface area contributed by atoms with Crippen molar-refractivity contribution in [2.24, 2.45) is 0 Å². The predicted molar refractivity (Wildman–Crippen MR) is 156 cm³/mol. The first-order chi connectivity index (χ1) is 18.6. The Kier molecular flexibility index (Phi) is 10.3. The van der Waals surface area contributed by atoms with E-state index in [2.05, 4.69) is 33.4 Å². The molecule has 0 unspecified atom stereocenters. The van der Waals surface area contributed by atoms with Crippen LogP contribution in [0.3, 0.4) is 0 Å². The number of nitrogens with one attached hydrogen (secondary N) is 2. The minimum Gasteiger partial charge on any atom is -0.495 e. The lowest BCUT2D eigenvalue weighted by Crippen LogP contribution is -2.47. The second kappa shape index (κ2) is 14.1. The van der Waals surface area contributed by atoms with Crippen molar-refractivity contribution < 1.29 is 14.3 Å². The van der Waals surface area contributed by atoms with Crippen molar-refractivity contribution >= 4 is 28.9 Å². The molecular formula is C31H44N4O3. The average molecular weight is 521 g/mol. The smallest absolute Gasteiger partial charge is 0.253 e. The monoisotopic (exact) mass is 520 g/mol. The molecule has 7 heteroatoms. The summed E-state index contributed by atoms with van der Waals surface area (Å²) < 4.78 is 5.56. The number of carbonyl (C=O) groups excluding carboxylic acids is 2. The summed E-state index contributed by atoms with van der Waals surface area (Å²) in [6.45, 7) is 5.49. The van der Waals surface area contributed by atoms with Gasteiger partial charge < -0.3 is 25.2 Å². The number of anilines is 3. The number of hydrogen-bond acceptors (Lipinski definition) is 5. The summed E-state index contributed by atoms with van der Waals surface area (Å²) in [6.07, 6.45) is 10.9. The van der Waals surface area contributed by atoms with E-state index in [1.165, 1.54) is 32.1 Å². The SMILES string of the molecule is CCCCCCCCCC(=O)Nc1ccc(N2CCN(c3ccccc3OC)CC2)c(C(=O)NC2CC2)c1. The van der Waals surface area contributed by atoms with E-state index in [4.69, 9.17) is 4.74 Å². The van der Waals surface area contributed by atoms with Gasteiger partial charge in [0.05, 0.1) is 18.4 Å². The molecule has 4 rings (SSSR count). The van der Waals surface area contributed by atoms with Crippen LogP contribution in [0.5, 0.6) is 5.75 Å². The molecule has 0 atom stereocenters. The van der Waals surface area contributed by atoms with Gasteiger partial charge in [-0.05, 0) is 49.6 Å². The van der Waals surface area contributed by atoms with Crippen molar-refractivity contribution in [2.75, 3.05) is 48.4 Å². The van der Waals surface area contributed by atoms with Crippen LogP contribution in [0.1, 0.15) is 81.5 Å². The molecule has 1 aliphatic carbocycles. The molecule has 1 aliphatic heterocycles. The maximum atomic E-state index is 13.2. The van der Waals surface area contributed by atoms with Crippen molar-refractivity contribution in [3.8, 4) is 5.75 Å². The summed E-state index contributed by atoms with van der Waals surface area (Å²) in [5.41, 5.74) is 3.35. The van der Waals surface area contributed by atoms with Crippen LogP contribution in [0.25, 0.3) is 0 Å². The summed E-state index contributed by atoms with van der Waals surface area (Å²) in [6, 6.07) is 14.1. The number of benzene rings is 2. The number of unbranched alkanes of at least 4 members (excludes halogenated alkanes) is 6. The van der Waals surface area contributed by atoms with Crippen LogP contribution in [-0.2, 0) is 4.79 Å². The predicted octanol–water partition coefficient (Wildman–Crippen LogP) is 5.99. The molecule has 7 nitrogen and oxygen atoms in total. The molecule has 0 spiro atoms. The number of nitrogens with zero attached hydrogens (tertiary/aromatic N) is 2. The molecular weight excluding hydrogens is 476 g/mol. The largest absolute Gasteiger partial charge is 0.495 e. The molecule has 2 aliphatic rings. The molecule has 206 valence electrons. The molecule has 1 heterocycles. The van der Waals surface area contributed by atoms with Gasteiger partial charge in [-0.1, -0.05) is 57.6 Å². The summed E-state index contributed by atoms with van der Waals surface area (Å²) in [5, 5.41) is 6.17. The van der Waals surface area contributed by atoms with Gasteiger partial charge in [-0.25, -0.2) is 0 Å². The van der Waals surface area contributed by atoms with E-state index in [-0.39, 0.29) is 17.9 Å². The van der Waals surface area contributed by atoms with Gasteiger partial charge in [0.1, 0.15) is 5.75 Å². The van der Waals surface area contributed by atoms with Crippen LogP contribution in [-0.4, -0.2) is 51.1 Å². The first kappa shape index (κ1) is 27.8. The van der Waals surface area contributed by atoms with Crippen molar-refractivity contribution in [1.82, 2.24) is 5.32 Å². The highest BCUT2D eigenvalue weighted by Crippen LogP contribution is 2.31. The third-order valence-electron chi connectivity index (χ3n) is 7.49. The van der Waals surface area contributed by atoms with E-state index in [9.17, 15) is 9.59 Å². The normalized spacial score (nSPS) is 15.3. The van der Waals surface area contributed by atoms with Gasteiger partial charge in [0.2, 0.25) is 5.91 Å². The first-order valence-corrected chi connectivity index (χ1v) is 14.5. The lowest BCUT2D eigenvalue weighted by Gasteiger charge is -2.38. The Hall–Kier alpha value is -3.22. The lowest BCUT2D eigenvalue weighted by atomic mass is 10.1. The van der Waals surface area contributed by atoms with E-state index in [1.54, 1.807) is 7.11 Å². The number of amides is 2. The van der Waals surface area contributed by atoms with Crippen molar-refractivity contribution in [3.05, 3.63) is 48.0 Å². The van der Waals surface area contributed by atoms with Crippen molar-refractivity contribution in [2.45, 2.75) is 77.2 Å². The number of rotatable bonds is 14. The van der Waals surface area contributed by atoms with Crippen molar-refractivity contribution in [1.29, 1.82) is 0 Å². The summed E-state index contributed by atoms with van der Waals surface area (Å²) >= 11 is 0. The molecule has 0 aromatic heterocycles. The van der Waals surface area contributed by atoms with Gasteiger partial charge in [0.15, 0.2) is 0 Å². The number of hydrogen-bond donors (Lipinski definition) is 2. The summed E-state index contributed by atoms with van der Waals surface area (Å²) in [4.78, 5) is 30.4. The molecule has 38 heavy (non-hydrogen) atoms. The Bertz CT molecular complexity index is 1060. The third-order valence-corrected chi connectivity index (χ3v) is 7.49. The Labute approximate surface area is 227 Å². The number of para-hydroxylation sites is 2. The van der Waals surface area contributed by atoms with E-state index in [1.807, 2.05) is 36.4 Å². The van der Waals surface area contributed by atoms with E-state index < -0.39 is 0 Å². The zero-order valence-corrected chi connectivity index (χ0v) is 23.1. The second-order valence-electron chi connectivity index (χ2n) is 10.5. The van der Waals surface area contributed by atoms with Crippen LogP contribution in [0, 0.1) is 0 Å². The highest BCUT2D eigenvalue weighted by molar-refractivity contribution is 6.02. The molecule has 2 aromatic carbocycles. The van der Waals surface area contributed by atoms with Crippen LogP contribution in [0.15, 0.2) is 42.5 Å². The molecule has 2 N–H and O–H groups in total. The molecule has 0 radical (unpaired) electrons. The number of methoxy groups -OCH3 is 1. The van der Waals surface area contributed by atoms with Crippen LogP contribution in [0.4, 0.5) is 17.1 Å². The minimum absolute atomic E-state index is 0.0188. The fourth-order valence-electron chi connectivity index (χ4n) is 5.11. The number of ether oxygens (including phenoxy) is 1. The van der Waals surface area contributed by atoms with Gasteiger partial charge in [-0.15, -0.1) is 0 Å². The Balaban J connectivity index is 1.37. The molecule has 2 aromatic rings. The molecule has 2 amide bonds. The van der Waals surface area contributed by atoms with Crippen LogP contribution < -0.4 is 25.2 Å². The van der Waals surface area contributed by atoms with Crippen molar-refractivity contribution in [3.63, 3.8) is 0 Å². The number of carbonyl (C=O) groups is 2. The van der Waals surface area contributed by atoms with E-state index in [0.29, 0.717) is 17.7 Å². The minimum atomic E-state index is -0.0576. The van der Waals surface area contributed by atoms with Crippen LogP contribution in [0.2, 0.25) is 0 Å². The maximum Gasteiger partial charge on any atom is 0.253 e. The highest BCUT2D eigenvalue weighted by atomic mass is 16.5. The Morgan fingerprint density at radius 2 is 1.53 bits per heavy atom. The average Bonchev–Trinajstić information content (AvgIpc) is 3.76. The molecule has 2 fully saturated rings. The highest BCUT2D eigenvalue weighted by Gasteiger charge is 2.27. The first-order valence-electron chi connectivity index (χ1n) is 14.5. The molecule has 0 bridgehead atoms. The topological polar surface area (TPSA) is 73.9 Å². The van der Waals surface area contributed by atoms with Gasteiger partial charge >= 0.3 is 0 Å². The quantitative estimate of drug-likeness (QED) is 0.299. The van der Waals surface area contributed by atoms with Gasteiger partial charge in [0.25, 0.3) is 5.91 Å². The fourth-order valence-corrected chi connectivity index (χ4v) is 5.11. The van der Waals surface area contributed by atoms with Gasteiger partial charge in [-0.2, -0.15) is 0 Å². The summed E-state index contributed by atoms with van der Waals surface area (Å²) in [7, 11) is 1.70. The zero-order valence-electron chi connectivity index (χ0n) is 23.1. The Morgan fingerprint density at radius 3 is 2.21 bits per heavy atom. The fraction of sp³-hybridized carbons (Fsp3) is 0.548. The zero-order chi connectivity index (χ0) is 26.7. The second-order valence-corrected chi connectivity index (χ2v) is 10.5. The van der Waals surface area contributed by atoms with Gasteiger partial charge in [-0.3, -0.25) is 9.59 Å².